The molecule has 4 nitrogen and oxygen atoms in total. The van der Waals surface area contributed by atoms with E-state index >= 15 is 0 Å². The molecule has 0 spiro atoms. The lowest BCUT2D eigenvalue weighted by Gasteiger charge is -2.10. The molecule has 1 aromatic rings. The first-order valence-electron chi connectivity index (χ1n) is 6.86. The molecule has 0 heterocycles. The molecule has 0 aromatic heterocycles. The van der Waals surface area contributed by atoms with Crippen molar-refractivity contribution in [2.24, 2.45) is 0 Å². The molecule has 0 aliphatic carbocycles. The largest absolute Gasteiger partial charge is 0.494 e. The van der Waals surface area contributed by atoms with Crippen molar-refractivity contribution in [2.45, 2.75) is 32.7 Å². The van der Waals surface area contributed by atoms with Gasteiger partial charge in [0.25, 0.3) is 0 Å². The molecule has 1 aromatic carbocycles. The second kappa shape index (κ2) is 9.77. The quantitative estimate of drug-likeness (QED) is 0.552. The lowest BCUT2D eigenvalue weighted by atomic mass is 10.2. The minimum atomic E-state index is -0.200. The Balaban J connectivity index is 2.42. The van der Waals surface area contributed by atoms with Gasteiger partial charge in [0.15, 0.2) is 0 Å². The molecule has 0 atom stereocenters. The Kier molecular flexibility index (Phi) is 8.30. The fourth-order valence-corrected chi connectivity index (χ4v) is 2.07. The minimum absolute atomic E-state index is 0.200. The molecule has 0 fully saturated rings. The van der Waals surface area contributed by atoms with Crippen molar-refractivity contribution >= 4 is 21.9 Å². The van der Waals surface area contributed by atoms with Gasteiger partial charge in [-0.3, -0.25) is 4.79 Å². The number of carbonyl (C=O) groups excluding carboxylic acids is 1. The van der Waals surface area contributed by atoms with Crippen LogP contribution < -0.4 is 10.1 Å². The normalized spacial score (nSPS) is 10.3. The second-order valence-electron chi connectivity index (χ2n) is 4.46. The predicted octanol–water partition coefficient (Wildman–Crippen LogP) is 3.28. The zero-order valence-electron chi connectivity index (χ0n) is 12.1. The summed E-state index contributed by atoms with van der Waals surface area (Å²) in [6.07, 6.45) is 2.16. The van der Waals surface area contributed by atoms with Crippen molar-refractivity contribution in [3.05, 3.63) is 28.2 Å². The van der Waals surface area contributed by atoms with Gasteiger partial charge in [-0.25, -0.2) is 0 Å². The summed E-state index contributed by atoms with van der Waals surface area (Å²) in [5, 5.41) is 3.36. The number of hydrogen-bond donors (Lipinski definition) is 1. The summed E-state index contributed by atoms with van der Waals surface area (Å²) >= 11 is 3.54. The van der Waals surface area contributed by atoms with Crippen LogP contribution in [0.15, 0.2) is 22.7 Å². The average molecular weight is 344 g/mol. The summed E-state index contributed by atoms with van der Waals surface area (Å²) in [5.74, 6) is 0.625. The number of methoxy groups -OCH3 is 1. The van der Waals surface area contributed by atoms with Crippen LogP contribution >= 0.6 is 15.9 Å². The van der Waals surface area contributed by atoms with Crippen LogP contribution in [0.3, 0.4) is 0 Å². The zero-order chi connectivity index (χ0) is 14.8. The van der Waals surface area contributed by atoms with Gasteiger partial charge in [-0.2, -0.15) is 0 Å². The van der Waals surface area contributed by atoms with Crippen LogP contribution in [-0.4, -0.2) is 26.2 Å². The molecule has 1 N–H and O–H groups in total. The third kappa shape index (κ3) is 6.39. The Bertz CT molecular complexity index is 424. The van der Waals surface area contributed by atoms with Gasteiger partial charge in [-0.1, -0.05) is 22.9 Å². The van der Waals surface area contributed by atoms with Crippen molar-refractivity contribution in [3.63, 3.8) is 0 Å². The molecule has 5 heteroatoms. The number of ether oxygens (including phenoxy) is 2. The van der Waals surface area contributed by atoms with Crippen molar-refractivity contribution < 1.29 is 14.3 Å². The Morgan fingerprint density at radius 1 is 1.40 bits per heavy atom. The van der Waals surface area contributed by atoms with Crippen LogP contribution in [0.25, 0.3) is 0 Å². The molecule has 112 valence electrons. The number of carbonyl (C=O) groups is 1. The average Bonchev–Trinajstić information content (AvgIpc) is 2.46. The van der Waals surface area contributed by atoms with E-state index in [9.17, 15) is 4.79 Å². The summed E-state index contributed by atoms with van der Waals surface area (Å²) in [4.78, 5) is 11.0. The van der Waals surface area contributed by atoms with Gasteiger partial charge in [0, 0.05) is 17.4 Å². The standard InChI is InChI=1S/C15H22BrNO3/c1-3-8-17-11-12-10-13(6-7-14(12)16)20-9-4-5-15(18)19-2/h6-7,10,17H,3-5,8-9,11H2,1-2H3. The summed E-state index contributed by atoms with van der Waals surface area (Å²) in [6.45, 7) is 4.46. The first-order valence-corrected chi connectivity index (χ1v) is 7.65. The smallest absolute Gasteiger partial charge is 0.305 e. The maximum Gasteiger partial charge on any atom is 0.305 e. The van der Waals surface area contributed by atoms with Gasteiger partial charge in [0.05, 0.1) is 13.7 Å². The number of halogens is 1. The fraction of sp³-hybridized carbons (Fsp3) is 0.533. The van der Waals surface area contributed by atoms with Crippen LogP contribution in [0.5, 0.6) is 5.75 Å². The van der Waals surface area contributed by atoms with E-state index < -0.39 is 0 Å². The molecular weight excluding hydrogens is 322 g/mol. The molecule has 0 amide bonds. The number of benzene rings is 1. The summed E-state index contributed by atoms with van der Waals surface area (Å²) in [6, 6.07) is 5.93. The topological polar surface area (TPSA) is 47.6 Å². The highest BCUT2D eigenvalue weighted by Gasteiger charge is 2.04. The third-order valence-corrected chi connectivity index (χ3v) is 3.55. The van der Waals surface area contributed by atoms with Gasteiger partial charge in [0.1, 0.15) is 5.75 Å². The van der Waals surface area contributed by atoms with E-state index in [-0.39, 0.29) is 5.97 Å². The van der Waals surface area contributed by atoms with Gasteiger partial charge < -0.3 is 14.8 Å². The van der Waals surface area contributed by atoms with E-state index in [1.807, 2.05) is 18.2 Å². The molecule has 1 rings (SSSR count). The minimum Gasteiger partial charge on any atom is -0.494 e. The molecule has 0 bridgehead atoms. The third-order valence-electron chi connectivity index (χ3n) is 2.78. The molecule has 0 saturated carbocycles. The summed E-state index contributed by atoms with van der Waals surface area (Å²) in [5.41, 5.74) is 1.17. The maximum atomic E-state index is 11.0. The number of rotatable bonds is 9. The lowest BCUT2D eigenvalue weighted by molar-refractivity contribution is -0.140. The molecule has 20 heavy (non-hydrogen) atoms. The monoisotopic (exact) mass is 343 g/mol. The van der Waals surface area contributed by atoms with Crippen LogP contribution in [0.1, 0.15) is 31.7 Å². The highest BCUT2D eigenvalue weighted by atomic mass is 79.9. The first-order chi connectivity index (χ1) is 9.67. The van der Waals surface area contributed by atoms with Gasteiger partial charge >= 0.3 is 5.97 Å². The van der Waals surface area contributed by atoms with Crippen molar-refractivity contribution in [1.29, 1.82) is 0 Å². The predicted molar refractivity (Wildman–Crippen MR) is 82.9 cm³/mol. The Hall–Kier alpha value is -1.07. The van der Waals surface area contributed by atoms with Crippen LogP contribution in [-0.2, 0) is 16.1 Å². The van der Waals surface area contributed by atoms with E-state index in [1.165, 1.54) is 12.7 Å². The molecule has 0 aliphatic rings. The molecule has 0 unspecified atom stereocenters. The highest BCUT2D eigenvalue weighted by Crippen LogP contribution is 2.22. The second-order valence-corrected chi connectivity index (χ2v) is 5.31. The Morgan fingerprint density at radius 2 is 2.20 bits per heavy atom. The summed E-state index contributed by atoms with van der Waals surface area (Å²) < 4.78 is 11.3. The molecular formula is C15H22BrNO3. The molecule has 0 aliphatic heterocycles. The van der Waals surface area contributed by atoms with E-state index in [0.29, 0.717) is 19.4 Å². The van der Waals surface area contributed by atoms with Crippen LogP contribution in [0.2, 0.25) is 0 Å². The molecule has 0 saturated heterocycles. The number of esters is 1. The van der Waals surface area contributed by atoms with E-state index in [1.54, 1.807) is 0 Å². The van der Waals surface area contributed by atoms with Crippen LogP contribution in [0.4, 0.5) is 0 Å². The highest BCUT2D eigenvalue weighted by molar-refractivity contribution is 9.10. The van der Waals surface area contributed by atoms with Crippen molar-refractivity contribution in [3.8, 4) is 5.75 Å². The Morgan fingerprint density at radius 3 is 2.90 bits per heavy atom. The van der Waals surface area contributed by atoms with Gasteiger partial charge in [0.2, 0.25) is 0 Å². The van der Waals surface area contributed by atoms with Gasteiger partial charge in [-0.15, -0.1) is 0 Å². The number of hydrogen-bond acceptors (Lipinski definition) is 4. The van der Waals surface area contributed by atoms with E-state index in [4.69, 9.17) is 4.74 Å². The first kappa shape index (κ1) is 17.0. The number of nitrogens with one attached hydrogen (secondary N) is 1. The summed E-state index contributed by atoms with van der Waals surface area (Å²) in [7, 11) is 1.40. The SMILES string of the molecule is CCCNCc1cc(OCCCC(=O)OC)ccc1Br. The van der Waals surface area contributed by atoms with Gasteiger partial charge in [-0.05, 0) is 43.1 Å². The van der Waals surface area contributed by atoms with Crippen molar-refractivity contribution in [2.75, 3.05) is 20.3 Å². The lowest BCUT2D eigenvalue weighted by Crippen LogP contribution is -2.14. The fourth-order valence-electron chi connectivity index (χ4n) is 1.68. The Labute approximate surface area is 129 Å². The van der Waals surface area contributed by atoms with E-state index in [0.717, 1.165) is 29.7 Å². The van der Waals surface area contributed by atoms with E-state index in [2.05, 4.69) is 32.9 Å². The van der Waals surface area contributed by atoms with Crippen molar-refractivity contribution in [1.82, 2.24) is 5.32 Å². The molecule has 0 radical (unpaired) electrons. The van der Waals surface area contributed by atoms with Crippen LogP contribution in [0, 0.1) is 0 Å². The maximum absolute atomic E-state index is 11.0. The zero-order valence-corrected chi connectivity index (χ0v) is 13.7.